The summed E-state index contributed by atoms with van der Waals surface area (Å²) in [5.41, 5.74) is 8.20. The van der Waals surface area contributed by atoms with Crippen LogP contribution < -0.4 is 5.73 Å². The lowest BCUT2D eigenvalue weighted by Crippen LogP contribution is -1.92. The topological polar surface area (TPSA) is 38.9 Å². The number of anilines is 1. The van der Waals surface area contributed by atoms with E-state index in [1.807, 2.05) is 19.1 Å². The van der Waals surface area contributed by atoms with Gasteiger partial charge in [-0.15, -0.1) is 0 Å². The Balaban J connectivity index is 2.94. The molecule has 14 heavy (non-hydrogen) atoms. The van der Waals surface area contributed by atoms with Gasteiger partial charge in [-0.3, -0.25) is 4.98 Å². The molecule has 0 bridgehead atoms. The van der Waals surface area contributed by atoms with Gasteiger partial charge in [-0.1, -0.05) is 17.7 Å². The van der Waals surface area contributed by atoms with Crippen molar-refractivity contribution in [1.29, 1.82) is 0 Å². The van der Waals surface area contributed by atoms with Crippen LogP contribution in [0.2, 0.25) is 5.02 Å². The van der Waals surface area contributed by atoms with Gasteiger partial charge < -0.3 is 5.73 Å². The minimum absolute atomic E-state index is 0.629. The Morgan fingerprint density at radius 1 is 1.43 bits per heavy atom. The van der Waals surface area contributed by atoms with Crippen LogP contribution in [-0.2, 0) is 0 Å². The normalized spacial score (nSPS) is 10.8. The lowest BCUT2D eigenvalue weighted by atomic mass is 10.1. The number of pyridine rings is 1. The molecule has 0 radical (unpaired) electrons. The maximum atomic E-state index is 6.14. The van der Waals surface area contributed by atoms with Gasteiger partial charge in [0.05, 0.1) is 16.2 Å². The van der Waals surface area contributed by atoms with Gasteiger partial charge in [0.2, 0.25) is 0 Å². The molecule has 0 amide bonds. The number of nitrogens with zero attached hydrogens (tertiary/aromatic N) is 1. The third-order valence-corrected chi connectivity index (χ3v) is 3.33. The summed E-state index contributed by atoms with van der Waals surface area (Å²) >= 11 is 9.49. The van der Waals surface area contributed by atoms with Gasteiger partial charge in [0, 0.05) is 16.1 Å². The Labute approximate surface area is 95.2 Å². The third-order valence-electron chi connectivity index (χ3n) is 2.13. The van der Waals surface area contributed by atoms with Crippen LogP contribution in [0.4, 0.5) is 5.69 Å². The fourth-order valence-electron chi connectivity index (χ4n) is 1.33. The van der Waals surface area contributed by atoms with Crippen molar-refractivity contribution in [2.75, 3.05) is 5.73 Å². The second-order valence-electron chi connectivity index (χ2n) is 3.11. The number of aryl methyl sites for hydroxylation is 1. The molecule has 0 aliphatic carbocycles. The van der Waals surface area contributed by atoms with Gasteiger partial charge in [0.1, 0.15) is 0 Å². The minimum Gasteiger partial charge on any atom is -0.396 e. The van der Waals surface area contributed by atoms with Crippen LogP contribution in [0.5, 0.6) is 0 Å². The molecule has 2 N–H and O–H groups in total. The molecule has 0 saturated heterocycles. The van der Waals surface area contributed by atoms with Gasteiger partial charge in [0.15, 0.2) is 0 Å². The lowest BCUT2D eigenvalue weighted by Gasteiger charge is -2.06. The fourth-order valence-corrected chi connectivity index (χ4v) is 1.85. The van der Waals surface area contributed by atoms with Crippen molar-refractivity contribution < 1.29 is 0 Å². The van der Waals surface area contributed by atoms with Crippen molar-refractivity contribution in [1.82, 2.24) is 4.98 Å². The zero-order valence-corrected chi connectivity index (χ0v) is 9.85. The molecule has 1 heterocycles. The van der Waals surface area contributed by atoms with E-state index in [9.17, 15) is 0 Å². The molecule has 1 aromatic carbocycles. The highest BCUT2D eigenvalue weighted by molar-refractivity contribution is 9.10. The predicted octanol–water partition coefficient (Wildman–Crippen LogP) is 3.54. The van der Waals surface area contributed by atoms with Crippen molar-refractivity contribution >= 4 is 44.1 Å². The number of halogens is 2. The number of aromatic nitrogens is 1. The van der Waals surface area contributed by atoms with Gasteiger partial charge in [0.25, 0.3) is 0 Å². The Kier molecular flexibility index (Phi) is 2.37. The summed E-state index contributed by atoms with van der Waals surface area (Å²) in [5, 5.41) is 1.61. The monoisotopic (exact) mass is 270 g/mol. The summed E-state index contributed by atoms with van der Waals surface area (Å²) in [4.78, 5) is 4.26. The number of nitrogen functional groups attached to an aromatic ring is 1. The minimum atomic E-state index is 0.629. The van der Waals surface area contributed by atoms with Crippen molar-refractivity contribution in [2.24, 2.45) is 0 Å². The van der Waals surface area contributed by atoms with Gasteiger partial charge >= 0.3 is 0 Å². The molecule has 2 nitrogen and oxygen atoms in total. The molecule has 2 aromatic rings. The summed E-state index contributed by atoms with van der Waals surface area (Å²) in [6.07, 6.45) is 1.73. The summed E-state index contributed by atoms with van der Waals surface area (Å²) in [6, 6.07) is 3.79. The average Bonchev–Trinajstić information content (AvgIpc) is 2.17. The first-order chi connectivity index (χ1) is 6.61. The van der Waals surface area contributed by atoms with E-state index in [0.717, 1.165) is 20.9 Å². The van der Waals surface area contributed by atoms with E-state index in [1.165, 1.54) is 0 Å². The standard InChI is InChI=1S/C10H8BrClN2/c1-5-4-14-10-6(8(5)12)2-3-7(11)9(10)13/h2-4H,13H2,1H3. The highest BCUT2D eigenvalue weighted by atomic mass is 79.9. The van der Waals surface area contributed by atoms with E-state index in [1.54, 1.807) is 6.20 Å². The Bertz CT molecular complexity index is 464. The molecule has 0 saturated carbocycles. The first-order valence-electron chi connectivity index (χ1n) is 4.10. The molecule has 0 fully saturated rings. The molecule has 0 atom stereocenters. The molecular weight excluding hydrogens is 263 g/mol. The Morgan fingerprint density at radius 3 is 2.86 bits per heavy atom. The molecule has 0 spiro atoms. The van der Waals surface area contributed by atoms with E-state index < -0.39 is 0 Å². The molecule has 4 heteroatoms. The van der Waals surface area contributed by atoms with Crippen LogP contribution in [0.25, 0.3) is 10.9 Å². The number of fused-ring (bicyclic) bond motifs is 1. The van der Waals surface area contributed by atoms with Crippen LogP contribution in [0.3, 0.4) is 0 Å². The van der Waals surface area contributed by atoms with E-state index in [4.69, 9.17) is 17.3 Å². The number of hydrogen-bond donors (Lipinski definition) is 1. The van der Waals surface area contributed by atoms with Crippen molar-refractivity contribution in [3.05, 3.63) is 33.4 Å². The van der Waals surface area contributed by atoms with Crippen molar-refractivity contribution in [3.8, 4) is 0 Å². The molecule has 0 aliphatic heterocycles. The second-order valence-corrected chi connectivity index (χ2v) is 4.34. The largest absolute Gasteiger partial charge is 0.396 e. The maximum Gasteiger partial charge on any atom is 0.0957 e. The SMILES string of the molecule is Cc1cnc2c(N)c(Br)ccc2c1Cl. The first-order valence-corrected chi connectivity index (χ1v) is 5.27. The summed E-state index contributed by atoms with van der Waals surface area (Å²) < 4.78 is 0.845. The van der Waals surface area contributed by atoms with Crippen LogP contribution in [0.15, 0.2) is 22.8 Å². The summed E-state index contributed by atoms with van der Waals surface area (Å²) in [6.45, 7) is 1.92. The smallest absolute Gasteiger partial charge is 0.0957 e. The maximum absolute atomic E-state index is 6.14. The van der Waals surface area contributed by atoms with Crippen LogP contribution >= 0.6 is 27.5 Å². The zero-order valence-electron chi connectivity index (χ0n) is 7.51. The highest BCUT2D eigenvalue weighted by Gasteiger charge is 2.07. The predicted molar refractivity (Wildman–Crippen MR) is 63.6 cm³/mol. The van der Waals surface area contributed by atoms with Crippen molar-refractivity contribution in [2.45, 2.75) is 6.92 Å². The van der Waals surface area contributed by atoms with Crippen LogP contribution in [0, 0.1) is 6.92 Å². The second kappa shape index (κ2) is 3.41. The molecule has 1 aromatic heterocycles. The quantitative estimate of drug-likeness (QED) is 0.744. The van der Waals surface area contributed by atoms with E-state index in [2.05, 4.69) is 20.9 Å². The molecule has 72 valence electrons. The summed E-state index contributed by atoms with van der Waals surface area (Å²) in [5.74, 6) is 0. The Morgan fingerprint density at radius 2 is 2.14 bits per heavy atom. The zero-order chi connectivity index (χ0) is 10.3. The average molecular weight is 272 g/mol. The molecule has 2 rings (SSSR count). The van der Waals surface area contributed by atoms with Gasteiger partial charge in [-0.25, -0.2) is 0 Å². The van der Waals surface area contributed by atoms with E-state index in [-0.39, 0.29) is 0 Å². The Hall–Kier alpha value is -0.800. The van der Waals surface area contributed by atoms with E-state index >= 15 is 0 Å². The first kappa shape index (κ1) is 9.74. The number of benzene rings is 1. The number of hydrogen-bond acceptors (Lipinski definition) is 2. The molecule has 0 unspecified atom stereocenters. The molecular formula is C10H8BrClN2. The van der Waals surface area contributed by atoms with Gasteiger partial charge in [-0.05, 0) is 34.5 Å². The molecule has 0 aliphatic rings. The van der Waals surface area contributed by atoms with Gasteiger partial charge in [-0.2, -0.15) is 0 Å². The number of nitrogens with two attached hydrogens (primary N) is 1. The van der Waals surface area contributed by atoms with E-state index in [0.29, 0.717) is 10.7 Å². The third kappa shape index (κ3) is 1.37. The summed E-state index contributed by atoms with van der Waals surface area (Å²) in [7, 11) is 0. The highest BCUT2D eigenvalue weighted by Crippen LogP contribution is 2.32. The lowest BCUT2D eigenvalue weighted by molar-refractivity contribution is 1.33. The van der Waals surface area contributed by atoms with Crippen LogP contribution in [0.1, 0.15) is 5.56 Å². The van der Waals surface area contributed by atoms with Crippen LogP contribution in [-0.4, -0.2) is 4.98 Å². The fraction of sp³-hybridized carbons (Fsp3) is 0.100. The number of rotatable bonds is 0. The van der Waals surface area contributed by atoms with Crippen molar-refractivity contribution in [3.63, 3.8) is 0 Å².